The van der Waals surface area contributed by atoms with Gasteiger partial charge in [-0.1, -0.05) is 27.7 Å². The summed E-state index contributed by atoms with van der Waals surface area (Å²) in [4.78, 5) is 4.47. The summed E-state index contributed by atoms with van der Waals surface area (Å²) in [5, 5.41) is 3.65. The number of nitrogens with one attached hydrogen (secondary N) is 1. The van der Waals surface area contributed by atoms with Crippen LogP contribution < -0.4 is 5.32 Å². The van der Waals surface area contributed by atoms with Crippen molar-refractivity contribution in [3.8, 4) is 0 Å². The first-order valence-electron chi connectivity index (χ1n) is 6.72. The molecule has 1 N–H and O–H groups in total. The largest absolute Gasteiger partial charge is 0.335 e. The molecule has 1 heterocycles. The van der Waals surface area contributed by atoms with Crippen molar-refractivity contribution in [2.45, 2.75) is 60.0 Å². The van der Waals surface area contributed by atoms with Crippen LogP contribution in [0.4, 0.5) is 0 Å². The van der Waals surface area contributed by atoms with Crippen LogP contribution >= 0.6 is 0 Å². The van der Waals surface area contributed by atoms with Gasteiger partial charge < -0.3 is 9.88 Å². The van der Waals surface area contributed by atoms with Crippen LogP contribution in [0, 0.1) is 5.41 Å². The SMILES string of the molecule is CCCNC(Cc1nccn1CC)C(C)(C)C. The van der Waals surface area contributed by atoms with Gasteiger partial charge in [0.05, 0.1) is 0 Å². The van der Waals surface area contributed by atoms with Crippen LogP contribution in [-0.2, 0) is 13.0 Å². The predicted molar refractivity (Wildman–Crippen MR) is 73.1 cm³/mol. The fraction of sp³-hybridized carbons (Fsp3) is 0.786. The summed E-state index contributed by atoms with van der Waals surface area (Å²) in [6, 6.07) is 0.482. The molecule has 17 heavy (non-hydrogen) atoms. The fourth-order valence-corrected chi connectivity index (χ4v) is 2.00. The lowest BCUT2D eigenvalue weighted by Gasteiger charge is -2.31. The van der Waals surface area contributed by atoms with E-state index >= 15 is 0 Å². The van der Waals surface area contributed by atoms with Gasteiger partial charge in [-0.15, -0.1) is 0 Å². The van der Waals surface area contributed by atoms with Gasteiger partial charge in [0.25, 0.3) is 0 Å². The van der Waals surface area contributed by atoms with E-state index in [1.165, 1.54) is 12.2 Å². The number of rotatable bonds is 6. The van der Waals surface area contributed by atoms with Gasteiger partial charge in [0.15, 0.2) is 0 Å². The second-order valence-corrected chi connectivity index (χ2v) is 5.71. The number of aryl methyl sites for hydroxylation is 1. The topological polar surface area (TPSA) is 29.9 Å². The molecule has 3 heteroatoms. The molecule has 0 amide bonds. The van der Waals surface area contributed by atoms with Crippen LogP contribution in [0.25, 0.3) is 0 Å². The van der Waals surface area contributed by atoms with Gasteiger partial charge >= 0.3 is 0 Å². The summed E-state index contributed by atoms with van der Waals surface area (Å²) in [6.07, 6.45) is 6.15. The van der Waals surface area contributed by atoms with Crippen LogP contribution in [0.2, 0.25) is 0 Å². The van der Waals surface area contributed by atoms with Crippen LogP contribution in [0.15, 0.2) is 12.4 Å². The average molecular weight is 237 g/mol. The van der Waals surface area contributed by atoms with Crippen LogP contribution in [0.5, 0.6) is 0 Å². The molecule has 0 aromatic carbocycles. The van der Waals surface area contributed by atoms with E-state index in [-0.39, 0.29) is 5.41 Å². The fourth-order valence-electron chi connectivity index (χ4n) is 2.00. The average Bonchev–Trinajstić information content (AvgIpc) is 2.69. The van der Waals surface area contributed by atoms with Gasteiger partial charge in [0.1, 0.15) is 5.82 Å². The Morgan fingerprint density at radius 2 is 2.06 bits per heavy atom. The third-order valence-electron chi connectivity index (χ3n) is 3.22. The zero-order chi connectivity index (χ0) is 12.9. The van der Waals surface area contributed by atoms with E-state index < -0.39 is 0 Å². The first kappa shape index (κ1) is 14.2. The van der Waals surface area contributed by atoms with E-state index in [1.807, 2.05) is 6.20 Å². The summed E-state index contributed by atoms with van der Waals surface area (Å²) in [5.41, 5.74) is 0.264. The van der Waals surface area contributed by atoms with Crippen molar-refractivity contribution in [1.29, 1.82) is 0 Å². The molecule has 98 valence electrons. The van der Waals surface area contributed by atoms with Gasteiger partial charge in [-0.25, -0.2) is 4.98 Å². The van der Waals surface area contributed by atoms with Gasteiger partial charge in [-0.2, -0.15) is 0 Å². The summed E-state index contributed by atoms with van der Waals surface area (Å²) in [5.74, 6) is 1.19. The molecule has 1 rings (SSSR count). The quantitative estimate of drug-likeness (QED) is 0.824. The van der Waals surface area contributed by atoms with Crippen molar-refractivity contribution < 1.29 is 0 Å². The van der Waals surface area contributed by atoms with Gasteiger partial charge in [0, 0.05) is 31.4 Å². The van der Waals surface area contributed by atoms with Crippen molar-refractivity contribution in [3.05, 3.63) is 18.2 Å². The van der Waals surface area contributed by atoms with E-state index in [4.69, 9.17) is 0 Å². The Morgan fingerprint density at radius 1 is 1.35 bits per heavy atom. The molecule has 1 atom stereocenters. The third kappa shape index (κ3) is 4.15. The minimum absolute atomic E-state index is 0.264. The molecule has 0 aliphatic carbocycles. The molecular formula is C14H27N3. The second kappa shape index (κ2) is 6.20. The highest BCUT2D eigenvalue weighted by molar-refractivity contribution is 4.98. The number of imidazole rings is 1. The lowest BCUT2D eigenvalue weighted by atomic mass is 9.84. The maximum absolute atomic E-state index is 4.47. The monoisotopic (exact) mass is 237 g/mol. The standard InChI is InChI=1S/C14H27N3/c1-6-8-15-12(14(3,4)5)11-13-16-9-10-17(13)7-2/h9-10,12,15H,6-8,11H2,1-5H3. The Kier molecular flexibility index (Phi) is 5.19. The highest BCUT2D eigenvalue weighted by atomic mass is 15.1. The minimum atomic E-state index is 0.264. The molecule has 1 aromatic heterocycles. The molecule has 0 radical (unpaired) electrons. The van der Waals surface area contributed by atoms with Crippen LogP contribution in [0.1, 0.15) is 46.9 Å². The minimum Gasteiger partial charge on any atom is -0.335 e. The van der Waals surface area contributed by atoms with E-state index in [1.54, 1.807) is 0 Å². The lowest BCUT2D eigenvalue weighted by molar-refractivity contribution is 0.262. The van der Waals surface area contributed by atoms with Gasteiger partial charge in [-0.3, -0.25) is 0 Å². The van der Waals surface area contributed by atoms with Crippen LogP contribution in [0.3, 0.4) is 0 Å². The number of nitrogens with zero attached hydrogens (tertiary/aromatic N) is 2. The Balaban J connectivity index is 2.72. The molecular weight excluding hydrogens is 210 g/mol. The molecule has 3 nitrogen and oxygen atoms in total. The molecule has 0 bridgehead atoms. The van der Waals surface area contributed by atoms with Crippen molar-refractivity contribution >= 4 is 0 Å². The van der Waals surface area contributed by atoms with Crippen molar-refractivity contribution in [2.24, 2.45) is 5.41 Å². The molecule has 1 unspecified atom stereocenters. The molecule has 0 saturated carbocycles. The predicted octanol–water partition coefficient (Wildman–Crippen LogP) is 2.86. The van der Waals surface area contributed by atoms with E-state index in [0.717, 1.165) is 19.5 Å². The van der Waals surface area contributed by atoms with E-state index in [9.17, 15) is 0 Å². The Bertz CT molecular complexity index is 322. The Morgan fingerprint density at radius 3 is 2.59 bits per heavy atom. The third-order valence-corrected chi connectivity index (χ3v) is 3.22. The van der Waals surface area contributed by atoms with Crippen molar-refractivity contribution in [2.75, 3.05) is 6.54 Å². The summed E-state index contributed by atoms with van der Waals surface area (Å²) in [6.45, 7) is 13.3. The van der Waals surface area contributed by atoms with Crippen molar-refractivity contribution in [3.63, 3.8) is 0 Å². The molecule has 0 saturated heterocycles. The molecule has 1 aromatic rings. The zero-order valence-electron chi connectivity index (χ0n) is 12.0. The van der Waals surface area contributed by atoms with E-state index in [0.29, 0.717) is 6.04 Å². The Labute approximate surface area is 106 Å². The smallest absolute Gasteiger partial charge is 0.110 e. The van der Waals surface area contributed by atoms with Gasteiger partial charge in [-0.05, 0) is 25.3 Å². The number of hydrogen-bond donors (Lipinski definition) is 1. The van der Waals surface area contributed by atoms with Crippen LogP contribution in [-0.4, -0.2) is 22.1 Å². The maximum Gasteiger partial charge on any atom is 0.110 e. The molecule has 0 aliphatic rings. The normalized spacial score (nSPS) is 13.9. The first-order chi connectivity index (χ1) is 7.99. The molecule has 0 aliphatic heterocycles. The summed E-state index contributed by atoms with van der Waals surface area (Å²) in [7, 11) is 0. The highest BCUT2D eigenvalue weighted by Gasteiger charge is 2.25. The van der Waals surface area contributed by atoms with E-state index in [2.05, 4.69) is 55.7 Å². The summed E-state index contributed by atoms with van der Waals surface area (Å²) < 4.78 is 2.23. The summed E-state index contributed by atoms with van der Waals surface area (Å²) >= 11 is 0. The zero-order valence-corrected chi connectivity index (χ0v) is 12.0. The molecule has 0 fully saturated rings. The lowest BCUT2D eigenvalue weighted by Crippen LogP contribution is -2.42. The number of hydrogen-bond acceptors (Lipinski definition) is 2. The molecule has 0 spiro atoms. The number of aromatic nitrogens is 2. The van der Waals surface area contributed by atoms with Gasteiger partial charge in [0.2, 0.25) is 0 Å². The second-order valence-electron chi connectivity index (χ2n) is 5.71. The highest BCUT2D eigenvalue weighted by Crippen LogP contribution is 2.22. The first-order valence-corrected chi connectivity index (χ1v) is 6.72. The van der Waals surface area contributed by atoms with Crippen molar-refractivity contribution in [1.82, 2.24) is 14.9 Å². The Hall–Kier alpha value is -0.830. The maximum atomic E-state index is 4.47.